The van der Waals surface area contributed by atoms with Crippen LogP contribution in [-0.4, -0.2) is 18.5 Å². The third kappa shape index (κ3) is 2.43. The Morgan fingerprint density at radius 3 is 2.61 bits per heavy atom. The second kappa shape index (κ2) is 5.14. The summed E-state index contributed by atoms with van der Waals surface area (Å²) in [5.41, 5.74) is 0.0406. The van der Waals surface area contributed by atoms with E-state index in [0.29, 0.717) is 6.42 Å². The molecule has 1 aromatic carbocycles. The maximum atomic E-state index is 13.7. The number of Topliss-reactive ketones (excluding diaryl/α,β-unsaturated/α-hetero) is 1. The molecule has 0 spiro atoms. The van der Waals surface area contributed by atoms with Crippen LogP contribution >= 0.6 is 0 Å². The highest BCUT2D eigenvalue weighted by Gasteiger charge is 2.28. The topological polar surface area (TPSA) is 26.3 Å². The van der Waals surface area contributed by atoms with Crippen molar-refractivity contribution in [2.24, 2.45) is 5.92 Å². The van der Waals surface area contributed by atoms with E-state index in [9.17, 15) is 13.6 Å². The Kier molecular flexibility index (Phi) is 3.76. The van der Waals surface area contributed by atoms with Gasteiger partial charge in [-0.1, -0.05) is 6.07 Å². The van der Waals surface area contributed by atoms with Crippen molar-refractivity contribution in [3.8, 4) is 0 Å². The second-order valence-corrected chi connectivity index (χ2v) is 4.84. The minimum Gasteiger partial charge on any atom is -0.378 e. The van der Waals surface area contributed by atoms with Crippen molar-refractivity contribution >= 4 is 5.78 Å². The zero-order valence-corrected chi connectivity index (χ0v) is 10.5. The molecule has 0 aromatic heterocycles. The Morgan fingerprint density at radius 1 is 1.28 bits per heavy atom. The summed E-state index contributed by atoms with van der Waals surface area (Å²) in [6.45, 7) is 3.69. The molecule has 1 aliphatic heterocycles. The summed E-state index contributed by atoms with van der Waals surface area (Å²) in [7, 11) is 0. The van der Waals surface area contributed by atoms with Gasteiger partial charge < -0.3 is 4.74 Å². The number of benzene rings is 1. The first-order valence-electron chi connectivity index (χ1n) is 6.11. The highest BCUT2D eigenvalue weighted by Crippen LogP contribution is 2.25. The van der Waals surface area contributed by atoms with Gasteiger partial charge in [0, 0.05) is 5.92 Å². The summed E-state index contributed by atoms with van der Waals surface area (Å²) in [4.78, 5) is 12.1. The summed E-state index contributed by atoms with van der Waals surface area (Å²) >= 11 is 0. The van der Waals surface area contributed by atoms with E-state index in [1.165, 1.54) is 19.1 Å². The Bertz CT molecular complexity index is 463. The zero-order valence-electron chi connectivity index (χ0n) is 10.5. The van der Waals surface area contributed by atoms with Crippen molar-refractivity contribution in [1.29, 1.82) is 0 Å². The van der Waals surface area contributed by atoms with Gasteiger partial charge in [-0.15, -0.1) is 0 Å². The highest BCUT2D eigenvalue weighted by molar-refractivity contribution is 5.98. The van der Waals surface area contributed by atoms with Gasteiger partial charge in [0.15, 0.2) is 17.4 Å². The van der Waals surface area contributed by atoms with Gasteiger partial charge in [0.2, 0.25) is 0 Å². The van der Waals surface area contributed by atoms with Crippen LogP contribution in [0, 0.1) is 24.5 Å². The highest BCUT2D eigenvalue weighted by atomic mass is 19.2. The predicted octanol–water partition coefficient (Wildman–Crippen LogP) is 3.27. The van der Waals surface area contributed by atoms with Gasteiger partial charge in [-0.05, 0) is 38.3 Å². The van der Waals surface area contributed by atoms with Gasteiger partial charge in [0.25, 0.3) is 0 Å². The molecule has 1 saturated heterocycles. The van der Waals surface area contributed by atoms with Gasteiger partial charge in [0.05, 0.1) is 18.3 Å². The summed E-state index contributed by atoms with van der Waals surface area (Å²) < 4.78 is 32.5. The third-order valence-electron chi connectivity index (χ3n) is 3.42. The second-order valence-electron chi connectivity index (χ2n) is 4.84. The molecule has 0 saturated carbocycles. The molecule has 0 amide bonds. The van der Waals surface area contributed by atoms with Crippen molar-refractivity contribution in [1.82, 2.24) is 0 Å². The van der Waals surface area contributed by atoms with Gasteiger partial charge in [-0.3, -0.25) is 4.79 Å². The van der Waals surface area contributed by atoms with Crippen molar-refractivity contribution in [2.45, 2.75) is 32.8 Å². The normalized spacial score (nSPS) is 24.0. The number of carbonyl (C=O) groups is 1. The maximum absolute atomic E-state index is 13.7. The van der Waals surface area contributed by atoms with Crippen LogP contribution in [0.5, 0.6) is 0 Å². The van der Waals surface area contributed by atoms with Crippen LogP contribution in [0.4, 0.5) is 8.78 Å². The van der Waals surface area contributed by atoms with E-state index >= 15 is 0 Å². The van der Waals surface area contributed by atoms with E-state index < -0.39 is 11.6 Å². The Hall–Kier alpha value is -1.29. The standard InChI is InChI=1S/C14H16F2O2/c1-8-3-6-11(13(16)12(8)15)14(17)10-5-4-9(2)18-7-10/h3,6,9-10H,4-5,7H2,1-2H3/t9?,10-/m1/s1. The molecule has 4 heteroatoms. The van der Waals surface area contributed by atoms with Crippen LogP contribution in [0.3, 0.4) is 0 Å². The summed E-state index contributed by atoms with van der Waals surface area (Å²) in [5, 5.41) is 0. The quantitative estimate of drug-likeness (QED) is 0.757. The van der Waals surface area contributed by atoms with Gasteiger partial charge in [-0.2, -0.15) is 0 Å². The lowest BCUT2D eigenvalue weighted by Gasteiger charge is -2.26. The van der Waals surface area contributed by atoms with E-state index in [0.717, 1.165) is 6.42 Å². The molecule has 2 nitrogen and oxygen atoms in total. The average molecular weight is 254 g/mol. The van der Waals surface area contributed by atoms with Crippen LogP contribution in [0.1, 0.15) is 35.7 Å². The van der Waals surface area contributed by atoms with E-state index in [2.05, 4.69) is 0 Å². The first kappa shape index (κ1) is 13.1. The van der Waals surface area contributed by atoms with Crippen LogP contribution in [0.15, 0.2) is 12.1 Å². The largest absolute Gasteiger partial charge is 0.378 e. The van der Waals surface area contributed by atoms with Gasteiger partial charge in [-0.25, -0.2) is 8.78 Å². The van der Waals surface area contributed by atoms with E-state index in [1.54, 1.807) is 0 Å². The first-order valence-corrected chi connectivity index (χ1v) is 6.11. The molecule has 2 atom stereocenters. The van der Waals surface area contributed by atoms with E-state index in [1.807, 2.05) is 6.92 Å². The number of carbonyl (C=O) groups excluding carboxylic acids is 1. The number of ether oxygens (including phenoxy) is 1. The fourth-order valence-corrected chi connectivity index (χ4v) is 2.15. The van der Waals surface area contributed by atoms with Crippen LogP contribution in [-0.2, 0) is 4.74 Å². The summed E-state index contributed by atoms with van der Waals surface area (Å²) in [6.07, 6.45) is 1.56. The van der Waals surface area contributed by atoms with E-state index in [-0.39, 0.29) is 35.5 Å². The van der Waals surface area contributed by atoms with Gasteiger partial charge >= 0.3 is 0 Å². The molecule has 0 N–H and O–H groups in total. The number of halogens is 2. The maximum Gasteiger partial charge on any atom is 0.171 e. The lowest BCUT2D eigenvalue weighted by molar-refractivity contribution is -0.000476. The smallest absolute Gasteiger partial charge is 0.171 e. The lowest BCUT2D eigenvalue weighted by atomic mass is 9.90. The SMILES string of the molecule is Cc1ccc(C(=O)[C@@H]2CCC(C)OC2)c(F)c1F. The molecular weight excluding hydrogens is 238 g/mol. The Morgan fingerprint density at radius 2 is 2.00 bits per heavy atom. The number of rotatable bonds is 2. The van der Waals surface area contributed by atoms with Crippen LogP contribution in [0.2, 0.25) is 0 Å². The number of hydrogen-bond donors (Lipinski definition) is 0. The van der Waals surface area contributed by atoms with Crippen LogP contribution < -0.4 is 0 Å². The summed E-state index contributed by atoms with van der Waals surface area (Å²) in [6, 6.07) is 2.78. The molecule has 1 aromatic rings. The Labute approximate surface area is 105 Å². The minimum absolute atomic E-state index is 0.133. The first-order chi connectivity index (χ1) is 8.50. The molecule has 2 rings (SSSR count). The van der Waals surface area contributed by atoms with Crippen molar-refractivity contribution in [3.63, 3.8) is 0 Å². The van der Waals surface area contributed by atoms with Gasteiger partial charge in [0.1, 0.15) is 0 Å². The monoisotopic (exact) mass is 254 g/mol. The molecule has 0 aliphatic carbocycles. The number of aryl methyl sites for hydroxylation is 1. The molecule has 1 fully saturated rings. The van der Waals surface area contributed by atoms with Crippen LogP contribution in [0.25, 0.3) is 0 Å². The molecule has 0 bridgehead atoms. The summed E-state index contributed by atoms with van der Waals surface area (Å²) in [5.74, 6) is -2.71. The molecule has 1 unspecified atom stereocenters. The van der Waals surface area contributed by atoms with Crippen molar-refractivity contribution in [3.05, 3.63) is 34.9 Å². The average Bonchev–Trinajstić information content (AvgIpc) is 2.36. The van der Waals surface area contributed by atoms with E-state index in [4.69, 9.17) is 4.74 Å². The molecule has 18 heavy (non-hydrogen) atoms. The molecule has 1 aliphatic rings. The third-order valence-corrected chi connectivity index (χ3v) is 3.42. The zero-order chi connectivity index (χ0) is 13.3. The Balaban J connectivity index is 2.21. The minimum atomic E-state index is -1.04. The molecule has 98 valence electrons. The predicted molar refractivity (Wildman–Crippen MR) is 63.6 cm³/mol. The number of ketones is 1. The molecule has 0 radical (unpaired) electrons. The van der Waals surface area contributed by atoms with Crippen molar-refractivity contribution < 1.29 is 18.3 Å². The number of hydrogen-bond acceptors (Lipinski definition) is 2. The molecule has 1 heterocycles. The van der Waals surface area contributed by atoms with Crippen molar-refractivity contribution in [2.75, 3.05) is 6.61 Å². The fraction of sp³-hybridized carbons (Fsp3) is 0.500. The lowest BCUT2D eigenvalue weighted by Crippen LogP contribution is -2.30. The fourth-order valence-electron chi connectivity index (χ4n) is 2.15. The molecular formula is C14H16F2O2.